The van der Waals surface area contributed by atoms with E-state index >= 15 is 0 Å². The van der Waals surface area contributed by atoms with Gasteiger partial charge >= 0.3 is 0 Å². The van der Waals surface area contributed by atoms with Crippen molar-refractivity contribution >= 4 is 0 Å². The second-order valence-corrected chi connectivity index (χ2v) is 4.84. The van der Waals surface area contributed by atoms with Crippen LogP contribution in [0.1, 0.15) is 50.8 Å². The summed E-state index contributed by atoms with van der Waals surface area (Å²) in [4.78, 5) is 0. The van der Waals surface area contributed by atoms with Gasteiger partial charge in [0.1, 0.15) is 5.82 Å². The molecular weight excluding hydrogens is 241 g/mol. The van der Waals surface area contributed by atoms with E-state index < -0.39 is 0 Å². The summed E-state index contributed by atoms with van der Waals surface area (Å²) in [6.45, 7) is 9.59. The van der Waals surface area contributed by atoms with Crippen LogP contribution in [-0.2, 0) is 4.74 Å². The summed E-state index contributed by atoms with van der Waals surface area (Å²) in [5.41, 5.74) is 1.65. The molecule has 0 aliphatic carbocycles. The van der Waals surface area contributed by atoms with Crippen molar-refractivity contribution in [1.29, 1.82) is 0 Å². The van der Waals surface area contributed by atoms with Gasteiger partial charge in [0.2, 0.25) is 0 Å². The van der Waals surface area contributed by atoms with Crippen molar-refractivity contribution in [2.45, 2.75) is 52.7 Å². The minimum Gasteiger partial charge on any atom is -0.377 e. The summed E-state index contributed by atoms with van der Waals surface area (Å²) in [5, 5.41) is 3.48. The molecule has 1 N–H and O–H groups in total. The van der Waals surface area contributed by atoms with Crippen LogP contribution in [0.3, 0.4) is 0 Å². The van der Waals surface area contributed by atoms with Crippen molar-refractivity contribution in [1.82, 2.24) is 5.32 Å². The molecule has 108 valence electrons. The highest BCUT2D eigenvalue weighted by atomic mass is 19.1. The Bertz CT molecular complexity index is 381. The first kappa shape index (κ1) is 16.1. The fourth-order valence-corrected chi connectivity index (χ4v) is 2.23. The summed E-state index contributed by atoms with van der Waals surface area (Å²) >= 11 is 0. The molecule has 0 fully saturated rings. The Kier molecular flexibility index (Phi) is 7.03. The van der Waals surface area contributed by atoms with Gasteiger partial charge in [-0.2, -0.15) is 0 Å². The van der Waals surface area contributed by atoms with Gasteiger partial charge < -0.3 is 10.1 Å². The number of benzene rings is 1. The number of aryl methyl sites for hydroxylation is 1. The highest BCUT2D eigenvalue weighted by molar-refractivity contribution is 5.26. The van der Waals surface area contributed by atoms with E-state index in [1.54, 1.807) is 13.0 Å². The molecule has 2 nitrogen and oxygen atoms in total. The fourth-order valence-electron chi connectivity index (χ4n) is 2.23. The predicted molar refractivity (Wildman–Crippen MR) is 77.9 cm³/mol. The summed E-state index contributed by atoms with van der Waals surface area (Å²) in [6, 6.07) is 5.52. The van der Waals surface area contributed by atoms with E-state index in [-0.39, 0.29) is 18.0 Å². The second kappa shape index (κ2) is 8.28. The molecule has 0 aliphatic heterocycles. The van der Waals surface area contributed by atoms with Crippen LogP contribution >= 0.6 is 0 Å². The summed E-state index contributed by atoms with van der Waals surface area (Å²) < 4.78 is 19.5. The van der Waals surface area contributed by atoms with Crippen LogP contribution in [-0.4, -0.2) is 19.3 Å². The van der Waals surface area contributed by atoms with Crippen LogP contribution in [0, 0.1) is 12.7 Å². The lowest BCUT2D eigenvalue weighted by atomic mass is 9.98. The molecule has 0 amide bonds. The smallest absolute Gasteiger partial charge is 0.126 e. The number of nitrogens with one attached hydrogen (secondary N) is 1. The Hall–Kier alpha value is -0.930. The van der Waals surface area contributed by atoms with E-state index in [0.29, 0.717) is 12.2 Å². The third-order valence-electron chi connectivity index (χ3n) is 3.32. The van der Waals surface area contributed by atoms with Crippen LogP contribution in [0.15, 0.2) is 18.2 Å². The summed E-state index contributed by atoms with van der Waals surface area (Å²) in [5.74, 6) is -0.146. The Morgan fingerprint density at radius 2 is 2.00 bits per heavy atom. The third-order valence-corrected chi connectivity index (χ3v) is 3.32. The predicted octanol–water partition coefficient (Wildman–Crippen LogP) is 3.99. The van der Waals surface area contributed by atoms with E-state index in [1.165, 1.54) is 0 Å². The maximum absolute atomic E-state index is 13.7. The zero-order valence-corrected chi connectivity index (χ0v) is 12.5. The lowest BCUT2D eigenvalue weighted by Crippen LogP contribution is -2.34. The highest BCUT2D eigenvalue weighted by Gasteiger charge is 2.22. The van der Waals surface area contributed by atoms with E-state index in [2.05, 4.69) is 19.2 Å². The molecule has 3 heteroatoms. The van der Waals surface area contributed by atoms with E-state index in [9.17, 15) is 4.39 Å². The van der Waals surface area contributed by atoms with Crippen molar-refractivity contribution in [2.24, 2.45) is 0 Å². The molecule has 0 saturated heterocycles. The van der Waals surface area contributed by atoms with Crippen LogP contribution in [0.25, 0.3) is 0 Å². The molecule has 2 atom stereocenters. The average Bonchev–Trinajstić information content (AvgIpc) is 2.41. The number of hydrogen-bond acceptors (Lipinski definition) is 2. The van der Waals surface area contributed by atoms with Gasteiger partial charge in [-0.05, 0) is 50.4 Å². The monoisotopic (exact) mass is 267 g/mol. The topological polar surface area (TPSA) is 21.3 Å². The zero-order valence-electron chi connectivity index (χ0n) is 12.5. The second-order valence-electron chi connectivity index (χ2n) is 4.84. The first-order valence-corrected chi connectivity index (χ1v) is 7.25. The maximum atomic E-state index is 13.7. The lowest BCUT2D eigenvalue weighted by molar-refractivity contribution is 0.0313. The molecular formula is C16H26FNO. The van der Waals surface area contributed by atoms with Crippen molar-refractivity contribution in [3.8, 4) is 0 Å². The maximum Gasteiger partial charge on any atom is 0.126 e. The molecule has 0 radical (unpaired) electrons. The molecule has 1 aromatic rings. The molecule has 1 rings (SSSR count). The van der Waals surface area contributed by atoms with Crippen LogP contribution in [0.4, 0.5) is 4.39 Å². The first-order valence-electron chi connectivity index (χ1n) is 7.25. The quantitative estimate of drug-likeness (QED) is 0.769. The van der Waals surface area contributed by atoms with Gasteiger partial charge in [-0.15, -0.1) is 0 Å². The Balaban J connectivity index is 2.96. The number of hydrogen-bond donors (Lipinski definition) is 1. The third kappa shape index (κ3) is 4.59. The molecule has 0 spiro atoms. The van der Waals surface area contributed by atoms with Crippen LogP contribution in [0.2, 0.25) is 0 Å². The van der Waals surface area contributed by atoms with Gasteiger partial charge in [-0.3, -0.25) is 0 Å². The number of ether oxygens (including phenoxy) is 1. The minimum absolute atomic E-state index is 0.0556. The molecule has 0 aromatic heterocycles. The van der Waals surface area contributed by atoms with E-state index in [0.717, 1.165) is 24.9 Å². The van der Waals surface area contributed by atoms with E-state index in [4.69, 9.17) is 4.74 Å². The molecule has 2 unspecified atom stereocenters. The van der Waals surface area contributed by atoms with Crippen molar-refractivity contribution in [2.75, 3.05) is 13.2 Å². The highest BCUT2D eigenvalue weighted by Crippen LogP contribution is 2.23. The molecule has 0 aliphatic rings. The van der Waals surface area contributed by atoms with Crippen molar-refractivity contribution in [3.05, 3.63) is 35.1 Å². The van der Waals surface area contributed by atoms with Crippen molar-refractivity contribution < 1.29 is 9.13 Å². The van der Waals surface area contributed by atoms with Gasteiger partial charge in [-0.1, -0.05) is 26.0 Å². The standard InChI is InChI=1S/C16H26FNO/c1-5-10-18-16(15(6-2)19-7-3)13-9-8-12(4)14(17)11-13/h8-9,11,15-16,18H,5-7,10H2,1-4H3. The minimum atomic E-state index is -0.146. The molecule has 1 aromatic carbocycles. The van der Waals surface area contributed by atoms with Crippen molar-refractivity contribution in [3.63, 3.8) is 0 Å². The van der Waals surface area contributed by atoms with Gasteiger partial charge in [0.15, 0.2) is 0 Å². The average molecular weight is 267 g/mol. The zero-order chi connectivity index (χ0) is 14.3. The van der Waals surface area contributed by atoms with Gasteiger partial charge in [-0.25, -0.2) is 4.39 Å². The van der Waals surface area contributed by atoms with Gasteiger partial charge in [0, 0.05) is 6.61 Å². The normalized spacial score (nSPS) is 14.4. The first-order chi connectivity index (χ1) is 9.13. The summed E-state index contributed by atoms with van der Waals surface area (Å²) in [6.07, 6.45) is 2.04. The Morgan fingerprint density at radius 1 is 1.26 bits per heavy atom. The summed E-state index contributed by atoms with van der Waals surface area (Å²) in [7, 11) is 0. The fraction of sp³-hybridized carbons (Fsp3) is 0.625. The number of halogens is 1. The van der Waals surface area contributed by atoms with Crippen LogP contribution < -0.4 is 5.32 Å². The van der Waals surface area contributed by atoms with Gasteiger partial charge in [0.05, 0.1) is 12.1 Å². The molecule has 0 saturated carbocycles. The van der Waals surface area contributed by atoms with Crippen LogP contribution in [0.5, 0.6) is 0 Å². The lowest BCUT2D eigenvalue weighted by Gasteiger charge is -2.28. The Labute approximate surface area is 116 Å². The SMILES string of the molecule is CCCNC(c1ccc(C)c(F)c1)C(CC)OCC. The Morgan fingerprint density at radius 3 is 2.53 bits per heavy atom. The molecule has 0 heterocycles. The largest absolute Gasteiger partial charge is 0.377 e. The van der Waals surface area contributed by atoms with E-state index in [1.807, 2.05) is 19.1 Å². The number of rotatable bonds is 8. The molecule has 19 heavy (non-hydrogen) atoms. The molecule has 0 bridgehead atoms. The van der Waals surface area contributed by atoms with Gasteiger partial charge in [0.25, 0.3) is 0 Å².